The summed E-state index contributed by atoms with van der Waals surface area (Å²) in [7, 11) is 1.56. The number of hydrogen-bond acceptors (Lipinski definition) is 7. The van der Waals surface area contributed by atoms with Crippen molar-refractivity contribution in [1.29, 1.82) is 0 Å². The van der Waals surface area contributed by atoms with Gasteiger partial charge >= 0.3 is 5.97 Å². The number of nitrogens with one attached hydrogen (secondary N) is 3. The molecule has 0 aromatic heterocycles. The van der Waals surface area contributed by atoms with Crippen LogP contribution in [0, 0.1) is 5.92 Å². The minimum absolute atomic E-state index is 0.153. The number of amides is 4. The summed E-state index contributed by atoms with van der Waals surface area (Å²) in [5, 5.41) is 8.66. The van der Waals surface area contributed by atoms with Gasteiger partial charge in [0.05, 0.1) is 19.3 Å². The van der Waals surface area contributed by atoms with Crippen molar-refractivity contribution in [2.24, 2.45) is 5.92 Å². The van der Waals surface area contributed by atoms with Crippen LogP contribution in [0.3, 0.4) is 0 Å². The van der Waals surface area contributed by atoms with Gasteiger partial charge in [-0.15, -0.1) is 0 Å². The maximum absolute atomic E-state index is 13.8. The Bertz CT molecular complexity index is 1330. The molecule has 11 heteroatoms. The van der Waals surface area contributed by atoms with Crippen molar-refractivity contribution in [3.8, 4) is 5.75 Å². The summed E-state index contributed by atoms with van der Waals surface area (Å²) in [6.07, 6.45) is 3.13. The number of benzene rings is 2. The molecule has 2 aliphatic heterocycles. The molecule has 0 radical (unpaired) electrons. The Morgan fingerprint density at radius 2 is 1.60 bits per heavy atom. The van der Waals surface area contributed by atoms with E-state index in [0.29, 0.717) is 50.0 Å². The van der Waals surface area contributed by atoms with E-state index in [0.717, 1.165) is 5.56 Å². The molecule has 242 valence electrons. The van der Waals surface area contributed by atoms with E-state index in [4.69, 9.17) is 9.47 Å². The van der Waals surface area contributed by atoms with E-state index < -0.39 is 47.9 Å². The fourth-order valence-corrected chi connectivity index (χ4v) is 5.71. The van der Waals surface area contributed by atoms with Gasteiger partial charge in [-0.25, -0.2) is 4.79 Å². The molecule has 2 heterocycles. The van der Waals surface area contributed by atoms with Crippen LogP contribution in [-0.2, 0) is 30.3 Å². The van der Waals surface area contributed by atoms with Crippen LogP contribution in [0.25, 0.3) is 0 Å². The molecule has 2 aromatic rings. The molecular weight excluding hydrogens is 576 g/mol. The van der Waals surface area contributed by atoms with Gasteiger partial charge in [0, 0.05) is 13.0 Å². The average Bonchev–Trinajstić information content (AvgIpc) is 3.56. The number of unbranched alkanes of at least 4 members (excludes halogenated alkanes) is 1. The molecule has 5 atom stereocenters. The topological polar surface area (TPSA) is 143 Å². The Hall–Kier alpha value is -4.41. The van der Waals surface area contributed by atoms with Gasteiger partial charge in [0.1, 0.15) is 29.9 Å². The number of hydrogen-bond donors (Lipinski definition) is 3. The van der Waals surface area contributed by atoms with Crippen LogP contribution in [0.5, 0.6) is 5.75 Å². The molecule has 11 nitrogen and oxygen atoms in total. The third kappa shape index (κ3) is 8.83. The summed E-state index contributed by atoms with van der Waals surface area (Å²) in [5.74, 6) is -1.59. The van der Waals surface area contributed by atoms with E-state index >= 15 is 0 Å². The summed E-state index contributed by atoms with van der Waals surface area (Å²) in [5.41, 5.74) is 1.24. The summed E-state index contributed by atoms with van der Waals surface area (Å²) < 4.78 is 10.6. The van der Waals surface area contributed by atoms with Gasteiger partial charge in [-0.3, -0.25) is 19.2 Å². The molecule has 2 aliphatic rings. The molecule has 2 saturated heterocycles. The van der Waals surface area contributed by atoms with Crippen molar-refractivity contribution in [1.82, 2.24) is 20.9 Å². The summed E-state index contributed by atoms with van der Waals surface area (Å²) in [6, 6.07) is 12.4. The van der Waals surface area contributed by atoms with Gasteiger partial charge in [-0.2, -0.15) is 0 Å². The van der Waals surface area contributed by atoms with Crippen molar-refractivity contribution >= 4 is 29.6 Å². The molecule has 0 bridgehead atoms. The normalized spacial score (nSPS) is 23.0. The monoisotopic (exact) mass is 620 g/mol. The molecule has 2 aromatic carbocycles. The minimum Gasteiger partial charge on any atom is -0.497 e. The second kappa shape index (κ2) is 16.1. The van der Waals surface area contributed by atoms with E-state index in [9.17, 15) is 24.0 Å². The molecular formula is C34H44N4O7. The Balaban J connectivity index is 1.52. The average molecular weight is 621 g/mol. The Morgan fingerprint density at radius 3 is 2.29 bits per heavy atom. The lowest BCUT2D eigenvalue weighted by atomic mass is 9.95. The molecule has 4 amide bonds. The van der Waals surface area contributed by atoms with Crippen molar-refractivity contribution in [3.63, 3.8) is 0 Å². The quantitative estimate of drug-likeness (QED) is 0.259. The van der Waals surface area contributed by atoms with E-state index in [-0.39, 0.29) is 31.3 Å². The molecule has 2 fully saturated rings. The van der Waals surface area contributed by atoms with Crippen molar-refractivity contribution < 1.29 is 33.4 Å². The van der Waals surface area contributed by atoms with Crippen LogP contribution in [0.1, 0.15) is 68.3 Å². The van der Waals surface area contributed by atoms with Crippen LogP contribution < -0.4 is 20.7 Å². The summed E-state index contributed by atoms with van der Waals surface area (Å²) >= 11 is 0. The summed E-state index contributed by atoms with van der Waals surface area (Å²) in [6.45, 7) is 4.39. The molecule has 3 N–H and O–H groups in total. The summed E-state index contributed by atoms with van der Waals surface area (Å²) in [4.78, 5) is 68.6. The molecule has 0 spiro atoms. The zero-order valence-electron chi connectivity index (χ0n) is 26.3. The van der Waals surface area contributed by atoms with E-state index in [2.05, 4.69) is 16.0 Å². The first-order chi connectivity index (χ1) is 21.7. The van der Waals surface area contributed by atoms with Gasteiger partial charge in [-0.1, -0.05) is 50.6 Å². The van der Waals surface area contributed by atoms with Crippen LogP contribution >= 0.6 is 0 Å². The standard InChI is InChI=1S/C34H44N4O7/c1-4-22(2)29-33(42)38-19-10-14-28(38)32(41)35-26(13-8-9-20-45-34(43)24-11-6-5-7-12-24)30(39)36-27(31(40)37-29)21-23-15-17-25(44-3)18-16-23/h5-7,11-12,15-18,22,26-29H,4,8-10,13-14,19-21H2,1-3H3,(H,35,41)(H,36,39)(H,37,40)/t22-,26-,27+,28+,29-/m0/s1. The number of rotatable bonds is 11. The smallest absolute Gasteiger partial charge is 0.338 e. The van der Waals surface area contributed by atoms with Crippen LogP contribution in [0.4, 0.5) is 0 Å². The third-order valence-corrected chi connectivity index (χ3v) is 8.61. The van der Waals surface area contributed by atoms with Gasteiger partial charge in [0.15, 0.2) is 0 Å². The predicted octanol–water partition coefficient (Wildman–Crippen LogP) is 2.77. The molecule has 0 saturated carbocycles. The Labute approximate surface area is 264 Å². The highest BCUT2D eigenvalue weighted by Gasteiger charge is 2.41. The van der Waals surface area contributed by atoms with Crippen molar-refractivity contribution in [3.05, 3.63) is 65.7 Å². The highest BCUT2D eigenvalue weighted by molar-refractivity contribution is 5.98. The van der Waals surface area contributed by atoms with E-state index in [1.807, 2.05) is 32.0 Å². The molecule has 0 aliphatic carbocycles. The Kier molecular flexibility index (Phi) is 11.9. The molecule has 0 unspecified atom stereocenters. The number of fused-ring (bicyclic) bond motifs is 1. The maximum Gasteiger partial charge on any atom is 0.338 e. The zero-order chi connectivity index (χ0) is 32.3. The number of carbonyl (C=O) groups excluding carboxylic acids is 5. The molecule has 45 heavy (non-hydrogen) atoms. The van der Waals surface area contributed by atoms with Gasteiger partial charge in [-0.05, 0) is 67.9 Å². The van der Waals surface area contributed by atoms with Crippen LogP contribution in [-0.4, -0.2) is 78.9 Å². The predicted molar refractivity (Wildman–Crippen MR) is 167 cm³/mol. The number of carbonyl (C=O) groups is 5. The Morgan fingerprint density at radius 1 is 0.911 bits per heavy atom. The van der Waals surface area contributed by atoms with Crippen LogP contribution in [0.15, 0.2) is 54.6 Å². The number of nitrogens with zero attached hydrogens (tertiary/aromatic N) is 1. The fraction of sp³-hybridized carbons (Fsp3) is 0.500. The lowest BCUT2D eigenvalue weighted by Gasteiger charge is -2.34. The van der Waals surface area contributed by atoms with Crippen molar-refractivity contribution in [2.45, 2.75) is 83.0 Å². The first kappa shape index (κ1) is 33.5. The largest absolute Gasteiger partial charge is 0.497 e. The molecule has 4 rings (SSSR count). The van der Waals surface area contributed by atoms with E-state index in [1.54, 1.807) is 48.4 Å². The maximum atomic E-state index is 13.8. The zero-order valence-corrected chi connectivity index (χ0v) is 26.3. The number of esters is 1. The lowest BCUT2D eigenvalue weighted by molar-refractivity contribution is -0.144. The first-order valence-corrected chi connectivity index (χ1v) is 15.8. The second-order valence-corrected chi connectivity index (χ2v) is 11.7. The number of ether oxygens (including phenoxy) is 2. The van der Waals surface area contributed by atoms with Gasteiger partial charge in [0.25, 0.3) is 0 Å². The minimum atomic E-state index is -0.995. The van der Waals surface area contributed by atoms with Gasteiger partial charge < -0.3 is 30.3 Å². The number of methoxy groups -OCH3 is 1. The fourth-order valence-electron chi connectivity index (χ4n) is 5.71. The second-order valence-electron chi connectivity index (χ2n) is 11.7. The van der Waals surface area contributed by atoms with Gasteiger partial charge in [0.2, 0.25) is 23.6 Å². The van der Waals surface area contributed by atoms with E-state index in [1.165, 1.54) is 0 Å². The lowest BCUT2D eigenvalue weighted by Crippen LogP contribution is -2.62. The third-order valence-electron chi connectivity index (χ3n) is 8.61. The highest BCUT2D eigenvalue weighted by Crippen LogP contribution is 2.23. The van der Waals surface area contributed by atoms with Crippen molar-refractivity contribution in [2.75, 3.05) is 20.3 Å². The highest BCUT2D eigenvalue weighted by atomic mass is 16.5. The first-order valence-electron chi connectivity index (χ1n) is 15.8. The van der Waals surface area contributed by atoms with Crippen LogP contribution in [0.2, 0.25) is 0 Å². The SMILES string of the molecule is CC[C@H](C)[C@@H]1NC(=O)[C@@H](Cc2ccc(OC)cc2)NC(=O)[C@H](CCCCOC(=O)c2ccccc2)NC(=O)[C@H]2CCCN2C1=O.